The molecule has 1 fully saturated rings. The molecular formula is C18H20ClN. The van der Waals surface area contributed by atoms with Crippen LogP contribution in [0.3, 0.4) is 0 Å². The molecule has 104 valence electrons. The first-order chi connectivity index (χ1) is 9.68. The Labute approximate surface area is 126 Å². The van der Waals surface area contributed by atoms with E-state index in [4.69, 9.17) is 11.6 Å². The number of hydrogen-bond donors (Lipinski definition) is 0. The minimum absolute atomic E-state index is 0.0313. The predicted molar refractivity (Wildman–Crippen MR) is 84.9 cm³/mol. The van der Waals surface area contributed by atoms with E-state index in [1.165, 1.54) is 11.1 Å². The van der Waals surface area contributed by atoms with Crippen LogP contribution in [0.15, 0.2) is 60.7 Å². The van der Waals surface area contributed by atoms with Crippen LogP contribution in [0.4, 0.5) is 0 Å². The van der Waals surface area contributed by atoms with E-state index < -0.39 is 0 Å². The number of benzene rings is 2. The summed E-state index contributed by atoms with van der Waals surface area (Å²) in [6, 6.07) is 21.4. The van der Waals surface area contributed by atoms with E-state index >= 15 is 0 Å². The molecule has 1 nitrogen and oxygen atoms in total. The van der Waals surface area contributed by atoms with Crippen LogP contribution in [0.2, 0.25) is 0 Å². The molecule has 0 amide bonds. The average Bonchev–Trinajstić information content (AvgIpc) is 2.76. The van der Waals surface area contributed by atoms with Gasteiger partial charge in [-0.1, -0.05) is 60.7 Å². The van der Waals surface area contributed by atoms with Crippen molar-refractivity contribution in [1.29, 1.82) is 0 Å². The van der Waals surface area contributed by atoms with Crippen LogP contribution in [0.5, 0.6) is 0 Å². The summed E-state index contributed by atoms with van der Waals surface area (Å²) in [7, 11) is 0. The maximum atomic E-state index is 6.47. The average molecular weight is 286 g/mol. The van der Waals surface area contributed by atoms with Crippen molar-refractivity contribution in [2.75, 3.05) is 6.54 Å². The number of rotatable bonds is 3. The van der Waals surface area contributed by atoms with Crippen LogP contribution in [-0.4, -0.2) is 16.8 Å². The summed E-state index contributed by atoms with van der Waals surface area (Å²) in [6.45, 7) is 4.21. The van der Waals surface area contributed by atoms with Gasteiger partial charge >= 0.3 is 0 Å². The van der Waals surface area contributed by atoms with Crippen molar-refractivity contribution in [3.63, 3.8) is 0 Å². The Morgan fingerprint density at radius 3 is 2.30 bits per heavy atom. The summed E-state index contributed by atoms with van der Waals surface area (Å²) in [5.74, 6) is 0. The van der Waals surface area contributed by atoms with Gasteiger partial charge in [0, 0.05) is 24.0 Å². The first kappa shape index (κ1) is 13.7. The molecule has 0 aliphatic carbocycles. The Morgan fingerprint density at radius 1 is 1.05 bits per heavy atom. The van der Waals surface area contributed by atoms with Crippen molar-refractivity contribution in [2.24, 2.45) is 0 Å². The molecule has 0 bridgehead atoms. The van der Waals surface area contributed by atoms with Gasteiger partial charge in [0.15, 0.2) is 0 Å². The van der Waals surface area contributed by atoms with E-state index in [-0.39, 0.29) is 10.9 Å². The molecule has 3 rings (SSSR count). The number of hydrogen-bond acceptors (Lipinski definition) is 1. The molecule has 0 radical (unpaired) electrons. The third-order valence-corrected chi connectivity index (χ3v) is 4.64. The summed E-state index contributed by atoms with van der Waals surface area (Å²) >= 11 is 6.47. The molecule has 20 heavy (non-hydrogen) atoms. The van der Waals surface area contributed by atoms with Crippen LogP contribution in [-0.2, 0) is 12.1 Å². The highest BCUT2D eigenvalue weighted by atomic mass is 35.5. The monoisotopic (exact) mass is 285 g/mol. The van der Waals surface area contributed by atoms with Crippen LogP contribution in [0.25, 0.3) is 0 Å². The van der Waals surface area contributed by atoms with E-state index in [0.717, 1.165) is 19.5 Å². The van der Waals surface area contributed by atoms with Crippen LogP contribution < -0.4 is 0 Å². The highest BCUT2D eigenvalue weighted by Crippen LogP contribution is 2.41. The minimum Gasteiger partial charge on any atom is -0.288 e. The minimum atomic E-state index is 0.0313. The normalized spacial score (nSPS) is 26.8. The fourth-order valence-corrected chi connectivity index (χ4v) is 3.67. The van der Waals surface area contributed by atoms with Crippen molar-refractivity contribution in [3.8, 4) is 0 Å². The van der Waals surface area contributed by atoms with Gasteiger partial charge in [-0.3, -0.25) is 4.90 Å². The van der Waals surface area contributed by atoms with Gasteiger partial charge in [-0.25, -0.2) is 0 Å². The number of alkyl halides is 1. The maximum Gasteiger partial charge on any atom is 0.0484 e. The largest absolute Gasteiger partial charge is 0.288 e. The second kappa shape index (κ2) is 5.59. The fourth-order valence-electron chi connectivity index (χ4n) is 3.21. The van der Waals surface area contributed by atoms with Crippen molar-refractivity contribution in [1.82, 2.24) is 4.90 Å². The zero-order valence-electron chi connectivity index (χ0n) is 11.8. The molecule has 0 N–H and O–H groups in total. The van der Waals surface area contributed by atoms with Gasteiger partial charge in [0.2, 0.25) is 0 Å². The molecule has 0 aromatic heterocycles. The number of nitrogens with zero attached hydrogens (tertiary/aromatic N) is 1. The zero-order valence-corrected chi connectivity index (χ0v) is 12.6. The van der Waals surface area contributed by atoms with E-state index in [9.17, 15) is 0 Å². The summed E-state index contributed by atoms with van der Waals surface area (Å²) < 4.78 is 0. The predicted octanol–water partition coefficient (Wildman–Crippen LogP) is 4.42. The fraction of sp³-hybridized carbons (Fsp3) is 0.333. The van der Waals surface area contributed by atoms with Crippen LogP contribution in [0.1, 0.15) is 24.5 Å². The SMILES string of the molecule is C[C@]1(c2ccccc2)C[C@@H](Cl)CN1Cc1ccccc1. The molecule has 0 saturated carbocycles. The van der Waals surface area contributed by atoms with Crippen LogP contribution in [0, 0.1) is 0 Å². The molecule has 2 atom stereocenters. The molecule has 1 aliphatic rings. The summed E-state index contributed by atoms with van der Waals surface area (Å²) in [4.78, 5) is 2.51. The summed E-state index contributed by atoms with van der Waals surface area (Å²) in [5, 5.41) is 0.226. The smallest absolute Gasteiger partial charge is 0.0484 e. The Balaban J connectivity index is 1.89. The second-order valence-corrected chi connectivity index (χ2v) is 6.42. The van der Waals surface area contributed by atoms with E-state index in [2.05, 4.69) is 72.5 Å². The summed E-state index contributed by atoms with van der Waals surface area (Å²) in [6.07, 6.45) is 1.01. The molecule has 0 spiro atoms. The second-order valence-electron chi connectivity index (χ2n) is 5.81. The molecule has 1 heterocycles. The summed E-state index contributed by atoms with van der Waals surface area (Å²) in [5.41, 5.74) is 2.74. The van der Waals surface area contributed by atoms with Gasteiger partial charge in [0.1, 0.15) is 0 Å². The van der Waals surface area contributed by atoms with E-state index in [0.29, 0.717) is 0 Å². The molecule has 2 heteroatoms. The van der Waals surface area contributed by atoms with Crippen LogP contribution >= 0.6 is 11.6 Å². The van der Waals surface area contributed by atoms with E-state index in [1.54, 1.807) is 0 Å². The highest BCUT2D eigenvalue weighted by molar-refractivity contribution is 6.21. The number of halogens is 1. The molecule has 2 aromatic carbocycles. The van der Waals surface area contributed by atoms with Crippen molar-refractivity contribution in [3.05, 3.63) is 71.8 Å². The van der Waals surface area contributed by atoms with Crippen molar-refractivity contribution < 1.29 is 0 Å². The first-order valence-electron chi connectivity index (χ1n) is 7.17. The third kappa shape index (κ3) is 2.61. The Kier molecular flexibility index (Phi) is 3.82. The zero-order chi connectivity index (χ0) is 14.0. The van der Waals surface area contributed by atoms with E-state index in [1.807, 2.05) is 0 Å². The highest BCUT2D eigenvalue weighted by Gasteiger charge is 2.42. The Morgan fingerprint density at radius 2 is 1.65 bits per heavy atom. The van der Waals surface area contributed by atoms with Gasteiger partial charge in [0.25, 0.3) is 0 Å². The lowest BCUT2D eigenvalue weighted by Gasteiger charge is -2.35. The lowest BCUT2D eigenvalue weighted by Crippen LogP contribution is -2.38. The van der Waals surface area contributed by atoms with Gasteiger partial charge in [-0.2, -0.15) is 0 Å². The van der Waals surface area contributed by atoms with Crippen molar-refractivity contribution in [2.45, 2.75) is 30.8 Å². The van der Waals surface area contributed by atoms with Crippen molar-refractivity contribution >= 4 is 11.6 Å². The lowest BCUT2D eigenvalue weighted by atomic mass is 9.89. The number of likely N-dealkylation sites (tertiary alicyclic amines) is 1. The molecule has 0 unspecified atom stereocenters. The quantitative estimate of drug-likeness (QED) is 0.755. The first-order valence-corrected chi connectivity index (χ1v) is 7.61. The molecule has 2 aromatic rings. The lowest BCUT2D eigenvalue weighted by molar-refractivity contribution is 0.147. The molecular weight excluding hydrogens is 266 g/mol. The van der Waals surface area contributed by atoms with Gasteiger partial charge < -0.3 is 0 Å². The Hall–Kier alpha value is -1.31. The topological polar surface area (TPSA) is 3.24 Å². The standard InChI is InChI=1S/C18H20ClN/c1-18(16-10-6-3-7-11-16)12-17(19)14-20(18)13-15-8-4-2-5-9-15/h2-11,17H,12-14H2,1H3/t17-,18-/m1/s1. The maximum absolute atomic E-state index is 6.47. The van der Waals surface area contributed by atoms with Gasteiger partial charge in [-0.05, 0) is 24.5 Å². The molecule has 1 saturated heterocycles. The van der Waals surface area contributed by atoms with Gasteiger partial charge in [0.05, 0.1) is 0 Å². The third-order valence-electron chi connectivity index (χ3n) is 4.35. The molecule has 1 aliphatic heterocycles. The Bertz CT molecular complexity index is 554. The van der Waals surface area contributed by atoms with Gasteiger partial charge in [-0.15, -0.1) is 11.6 Å².